The highest BCUT2D eigenvalue weighted by molar-refractivity contribution is 5.98. The fraction of sp³-hybridized carbons (Fsp3) is 0.0667. The molecule has 1 fully saturated rings. The van der Waals surface area contributed by atoms with Crippen molar-refractivity contribution in [2.75, 3.05) is 0 Å². The van der Waals surface area contributed by atoms with Crippen LogP contribution in [0.3, 0.4) is 0 Å². The third-order valence-electron chi connectivity index (χ3n) is 7.03. The summed E-state index contributed by atoms with van der Waals surface area (Å²) in [6.07, 6.45) is 0. The summed E-state index contributed by atoms with van der Waals surface area (Å²) in [4.78, 5) is 0. The SMILES string of the molecule is N#C/C(=C1\C(=C(\C#N)c2c(F)c(F)c(C#N)c(F)c2F)C1C(C#N)c1c(F)c(F)c(C#N)c(F)c1F)c1c(F)c(F)c(C#N)c(F)c1F. The van der Waals surface area contributed by atoms with Crippen molar-refractivity contribution >= 4 is 11.1 Å². The van der Waals surface area contributed by atoms with Gasteiger partial charge in [-0.3, -0.25) is 0 Å². The Bertz CT molecular complexity index is 2150. The second-order valence-corrected chi connectivity index (χ2v) is 9.28. The summed E-state index contributed by atoms with van der Waals surface area (Å²) in [6.45, 7) is 0. The van der Waals surface area contributed by atoms with Gasteiger partial charge in [-0.2, -0.15) is 31.6 Å². The number of hydrogen-bond donors (Lipinski definition) is 0. The smallest absolute Gasteiger partial charge is 0.180 e. The lowest BCUT2D eigenvalue weighted by Gasteiger charge is -2.13. The Labute approximate surface area is 258 Å². The molecular formula is C30H2F12N6. The summed E-state index contributed by atoms with van der Waals surface area (Å²) in [5.74, 6) is -34.9. The minimum atomic E-state index is -2.84. The van der Waals surface area contributed by atoms with E-state index < -0.39 is 137 Å². The fourth-order valence-corrected chi connectivity index (χ4v) is 4.88. The van der Waals surface area contributed by atoms with Gasteiger partial charge < -0.3 is 0 Å². The second kappa shape index (κ2) is 12.2. The molecule has 3 aromatic rings. The van der Waals surface area contributed by atoms with Crippen LogP contribution in [0.1, 0.15) is 39.3 Å². The highest BCUT2D eigenvalue weighted by Gasteiger charge is 2.53. The van der Waals surface area contributed by atoms with Crippen LogP contribution < -0.4 is 0 Å². The van der Waals surface area contributed by atoms with Crippen LogP contribution in [-0.4, -0.2) is 0 Å². The van der Waals surface area contributed by atoms with Gasteiger partial charge in [-0.25, -0.2) is 52.7 Å². The van der Waals surface area contributed by atoms with Crippen LogP contribution >= 0.6 is 0 Å². The molecule has 0 N–H and O–H groups in total. The molecule has 0 radical (unpaired) electrons. The van der Waals surface area contributed by atoms with Gasteiger partial charge in [-0.05, 0) is 11.1 Å². The van der Waals surface area contributed by atoms with E-state index in [1.54, 1.807) is 0 Å². The van der Waals surface area contributed by atoms with E-state index in [-0.39, 0.29) is 0 Å². The summed E-state index contributed by atoms with van der Waals surface area (Å²) in [5.41, 5.74) is -17.7. The molecule has 48 heavy (non-hydrogen) atoms. The number of nitrogens with zero attached hydrogens (tertiary/aromatic N) is 6. The first-order valence-corrected chi connectivity index (χ1v) is 12.1. The average molecular weight is 674 g/mol. The summed E-state index contributed by atoms with van der Waals surface area (Å²) in [5, 5.41) is 56.0. The molecule has 2 unspecified atom stereocenters. The Morgan fingerprint density at radius 3 is 0.917 bits per heavy atom. The number of halogens is 12. The van der Waals surface area contributed by atoms with Crippen LogP contribution in [0.25, 0.3) is 11.1 Å². The number of hydrogen-bond acceptors (Lipinski definition) is 6. The quantitative estimate of drug-likeness (QED) is 0.163. The topological polar surface area (TPSA) is 143 Å². The highest BCUT2D eigenvalue weighted by atomic mass is 19.2. The van der Waals surface area contributed by atoms with E-state index in [1.807, 2.05) is 0 Å². The van der Waals surface area contributed by atoms with Crippen molar-refractivity contribution in [3.63, 3.8) is 0 Å². The Kier molecular flexibility index (Phi) is 8.68. The molecule has 0 spiro atoms. The minimum Gasteiger partial charge on any atom is -0.203 e. The standard InChI is InChI=1S/C30H2F12N6/c31-19-10(4-46)20(32)26(38)16(25(19)37)7(1-43)13-14(8(2-44)17-27(39)21(33)11(5-47)22(34)28(17)40)15(13)9(3-45)18-29(41)23(35)12(6-48)24(36)30(18)42/h7,13H/b14-8-,15-9+. The van der Waals surface area contributed by atoms with Crippen molar-refractivity contribution in [3.05, 3.63) is 114 Å². The van der Waals surface area contributed by atoms with Crippen LogP contribution in [0.4, 0.5) is 52.7 Å². The van der Waals surface area contributed by atoms with Crippen molar-refractivity contribution < 1.29 is 52.7 Å². The zero-order valence-electron chi connectivity index (χ0n) is 22.4. The molecule has 6 nitrogen and oxygen atoms in total. The minimum absolute atomic E-state index is 0.775. The van der Waals surface area contributed by atoms with Crippen molar-refractivity contribution in [1.82, 2.24) is 0 Å². The summed E-state index contributed by atoms with van der Waals surface area (Å²) in [6, 6.07) is 5.38. The Morgan fingerprint density at radius 1 is 0.417 bits per heavy atom. The molecule has 0 aliphatic heterocycles. The normalized spacial score (nSPS) is 16.0. The summed E-state index contributed by atoms with van der Waals surface area (Å²) >= 11 is 0. The van der Waals surface area contributed by atoms with Crippen molar-refractivity contribution in [2.24, 2.45) is 5.92 Å². The second-order valence-electron chi connectivity index (χ2n) is 9.28. The first kappa shape index (κ1) is 34.1. The van der Waals surface area contributed by atoms with Crippen molar-refractivity contribution in [2.45, 2.75) is 5.92 Å². The molecule has 0 saturated heterocycles. The number of nitriles is 6. The van der Waals surface area contributed by atoms with Gasteiger partial charge in [0.1, 0.15) is 47.0 Å². The highest BCUT2D eigenvalue weighted by Crippen LogP contribution is 2.60. The van der Waals surface area contributed by atoms with E-state index in [1.165, 1.54) is 0 Å². The van der Waals surface area contributed by atoms with E-state index in [4.69, 9.17) is 15.8 Å². The van der Waals surface area contributed by atoms with Crippen LogP contribution in [0.15, 0.2) is 11.1 Å². The van der Waals surface area contributed by atoms with Gasteiger partial charge >= 0.3 is 0 Å². The molecule has 0 aromatic heterocycles. The first-order valence-electron chi connectivity index (χ1n) is 12.1. The Morgan fingerprint density at radius 2 is 0.688 bits per heavy atom. The number of rotatable bonds is 4. The average Bonchev–Trinajstić information content (AvgIpc) is 3.78. The predicted octanol–water partition coefficient (Wildman–Crippen LogP) is 7.16. The lowest BCUT2D eigenvalue weighted by molar-refractivity contribution is 0.429. The third kappa shape index (κ3) is 4.64. The monoisotopic (exact) mass is 674 g/mol. The van der Waals surface area contributed by atoms with E-state index in [2.05, 4.69) is 0 Å². The maximum absolute atomic E-state index is 15.1. The molecule has 1 saturated carbocycles. The van der Waals surface area contributed by atoms with E-state index in [0.717, 1.165) is 36.4 Å². The van der Waals surface area contributed by atoms with E-state index in [9.17, 15) is 42.1 Å². The van der Waals surface area contributed by atoms with Gasteiger partial charge in [0.05, 0.1) is 34.3 Å². The molecule has 18 heteroatoms. The zero-order valence-corrected chi connectivity index (χ0v) is 22.4. The van der Waals surface area contributed by atoms with Gasteiger partial charge in [0, 0.05) is 11.5 Å². The maximum Gasteiger partial charge on any atom is 0.180 e. The molecule has 0 heterocycles. The Balaban J connectivity index is 2.27. The van der Waals surface area contributed by atoms with Crippen LogP contribution in [0, 0.1) is 144 Å². The predicted molar refractivity (Wildman–Crippen MR) is 130 cm³/mol. The van der Waals surface area contributed by atoms with Crippen LogP contribution in [-0.2, 0) is 0 Å². The van der Waals surface area contributed by atoms with Gasteiger partial charge in [0.15, 0.2) is 69.8 Å². The first-order chi connectivity index (χ1) is 22.6. The molecule has 3 aromatic carbocycles. The molecule has 0 bridgehead atoms. The number of allylic oxidation sites excluding steroid dienone is 4. The van der Waals surface area contributed by atoms with Crippen molar-refractivity contribution in [1.29, 1.82) is 31.6 Å². The molecular weight excluding hydrogens is 672 g/mol. The third-order valence-corrected chi connectivity index (χ3v) is 7.03. The summed E-state index contributed by atoms with van der Waals surface area (Å²) < 4.78 is 177. The largest absolute Gasteiger partial charge is 0.203 e. The van der Waals surface area contributed by atoms with Gasteiger partial charge in [0.25, 0.3) is 0 Å². The van der Waals surface area contributed by atoms with Gasteiger partial charge in [-0.1, -0.05) is 0 Å². The lowest BCUT2D eigenvalue weighted by atomic mass is 9.90. The molecule has 4 rings (SSSR count). The lowest BCUT2D eigenvalue weighted by Crippen LogP contribution is -2.12. The fourth-order valence-electron chi connectivity index (χ4n) is 4.88. The van der Waals surface area contributed by atoms with Gasteiger partial charge in [-0.15, -0.1) is 0 Å². The van der Waals surface area contributed by atoms with Crippen LogP contribution in [0.5, 0.6) is 0 Å². The molecule has 236 valence electrons. The molecule has 2 atom stereocenters. The molecule has 1 aliphatic carbocycles. The summed E-state index contributed by atoms with van der Waals surface area (Å²) in [7, 11) is 0. The molecule has 1 aliphatic rings. The molecule has 0 amide bonds. The van der Waals surface area contributed by atoms with Crippen molar-refractivity contribution in [3.8, 4) is 36.4 Å². The zero-order chi connectivity index (χ0) is 36.1. The Hall–Kier alpha value is -6.76. The van der Waals surface area contributed by atoms with E-state index >= 15 is 26.3 Å². The maximum atomic E-state index is 15.1. The number of benzene rings is 3. The van der Waals surface area contributed by atoms with E-state index in [0.29, 0.717) is 0 Å². The van der Waals surface area contributed by atoms with Gasteiger partial charge in [0.2, 0.25) is 0 Å². The van der Waals surface area contributed by atoms with Crippen LogP contribution in [0.2, 0.25) is 0 Å².